The van der Waals surface area contributed by atoms with Gasteiger partial charge in [0.2, 0.25) is 0 Å². The van der Waals surface area contributed by atoms with Crippen LogP contribution in [0.15, 0.2) is 15.9 Å². The Morgan fingerprint density at radius 2 is 2.11 bits per heavy atom. The van der Waals surface area contributed by atoms with Crippen molar-refractivity contribution < 1.29 is 9.58 Å². The second kappa shape index (κ2) is 4.46. The summed E-state index contributed by atoms with van der Waals surface area (Å²) in [6.07, 6.45) is 2.02. The average molecular weight is 262 g/mol. The normalized spacial score (nSPS) is 10.4. The first kappa shape index (κ1) is 12.7. The minimum Gasteiger partial charge on any atom is -0.361 e. The molecule has 0 saturated carbocycles. The molecule has 0 radical (unpaired) electrons. The molecule has 2 aromatic heterocycles. The van der Waals surface area contributed by atoms with E-state index in [0.717, 1.165) is 10.8 Å². The van der Waals surface area contributed by atoms with E-state index in [-0.39, 0.29) is 17.7 Å². The Morgan fingerprint density at radius 1 is 1.42 bits per heavy atom. The van der Waals surface area contributed by atoms with Crippen LogP contribution < -0.4 is 11.2 Å². The fourth-order valence-corrected chi connectivity index (χ4v) is 1.79. The van der Waals surface area contributed by atoms with Crippen LogP contribution in [0.1, 0.15) is 0 Å². The maximum absolute atomic E-state index is 12.0. The smallest absolute Gasteiger partial charge is 0.332 e. The first-order valence-corrected chi connectivity index (χ1v) is 5.28. The van der Waals surface area contributed by atoms with Gasteiger partial charge in [-0.2, -0.15) is 4.79 Å². The summed E-state index contributed by atoms with van der Waals surface area (Å²) < 4.78 is 3.46. The second-order valence-electron chi connectivity index (χ2n) is 3.96. The number of hydrogen-bond acceptors (Lipinski definition) is 4. The lowest BCUT2D eigenvalue weighted by molar-refractivity contribution is -0.116. The molecule has 0 spiro atoms. The molecular weight excluding hydrogens is 252 g/mol. The number of fused-ring (bicyclic) bond motifs is 1. The van der Waals surface area contributed by atoms with Gasteiger partial charge in [0, 0.05) is 14.1 Å². The number of aromatic nitrogens is 4. The highest BCUT2D eigenvalue weighted by Gasteiger charge is 2.16. The number of carbonyl (C=O) groups is 1. The van der Waals surface area contributed by atoms with Gasteiger partial charge in [-0.25, -0.2) is 9.78 Å². The number of nitrogens with zero attached hydrogens (tertiary/aromatic N) is 6. The van der Waals surface area contributed by atoms with Crippen LogP contribution in [-0.4, -0.2) is 35.5 Å². The summed E-state index contributed by atoms with van der Waals surface area (Å²) in [5, 5.41) is 0. The molecule has 19 heavy (non-hydrogen) atoms. The van der Waals surface area contributed by atoms with E-state index in [1.165, 1.54) is 29.6 Å². The predicted octanol–water partition coefficient (Wildman–Crippen LogP) is -1.70. The van der Waals surface area contributed by atoms with Crippen LogP contribution in [0, 0.1) is 0 Å². The van der Waals surface area contributed by atoms with Gasteiger partial charge < -0.3 is 10.1 Å². The highest BCUT2D eigenvalue weighted by molar-refractivity contribution is 6.25. The Morgan fingerprint density at radius 3 is 2.74 bits per heavy atom. The Labute approximate surface area is 106 Å². The highest BCUT2D eigenvalue weighted by Crippen LogP contribution is 2.04. The highest BCUT2D eigenvalue weighted by atomic mass is 16.2. The van der Waals surface area contributed by atoms with Crippen LogP contribution in [-0.2, 0) is 25.4 Å². The van der Waals surface area contributed by atoms with Crippen LogP contribution in [0.5, 0.6) is 0 Å². The van der Waals surface area contributed by atoms with Crippen molar-refractivity contribution in [1.82, 2.24) is 18.7 Å². The first-order valence-electron chi connectivity index (χ1n) is 5.28. The molecule has 2 aromatic rings. The number of Topliss-reactive ketones (excluding diaryl/α,β-unsaturated/α-hetero) is 1. The minimum absolute atomic E-state index is 0.143. The van der Waals surface area contributed by atoms with Crippen molar-refractivity contribution in [3.05, 3.63) is 32.7 Å². The molecule has 0 aliphatic heterocycles. The van der Waals surface area contributed by atoms with Crippen molar-refractivity contribution in [2.75, 3.05) is 0 Å². The van der Waals surface area contributed by atoms with E-state index in [1.54, 1.807) is 0 Å². The fraction of sp³-hybridized carbons (Fsp3) is 0.300. The molecule has 0 saturated heterocycles. The van der Waals surface area contributed by atoms with Gasteiger partial charge in [0.1, 0.15) is 0 Å². The summed E-state index contributed by atoms with van der Waals surface area (Å²) in [6.45, 7) is -0.200. The first-order chi connectivity index (χ1) is 8.97. The summed E-state index contributed by atoms with van der Waals surface area (Å²) in [6, 6.07) is 0. The molecule has 0 N–H and O–H groups in total. The lowest BCUT2D eigenvalue weighted by Gasteiger charge is -2.04. The fourth-order valence-electron chi connectivity index (χ4n) is 1.79. The van der Waals surface area contributed by atoms with Gasteiger partial charge in [-0.15, -0.1) is 0 Å². The number of ketones is 1. The van der Waals surface area contributed by atoms with Gasteiger partial charge in [-0.1, -0.05) is 0 Å². The summed E-state index contributed by atoms with van der Waals surface area (Å²) in [5.74, 6) is -0.502. The van der Waals surface area contributed by atoms with Crippen molar-refractivity contribution in [2.24, 2.45) is 14.1 Å². The SMILES string of the molecule is Cn1c(=O)c2c(ncn2CC(=O)C=[N+]=[N-])n(C)c1=O. The Kier molecular flexibility index (Phi) is 2.97. The number of hydrogen-bond donors (Lipinski definition) is 0. The van der Waals surface area contributed by atoms with Crippen LogP contribution in [0.2, 0.25) is 0 Å². The molecule has 9 heteroatoms. The topological polar surface area (TPSA) is 115 Å². The Hall–Kier alpha value is -2.80. The van der Waals surface area contributed by atoms with E-state index in [2.05, 4.69) is 9.77 Å². The standard InChI is InChI=1S/C10H10N6O3/c1-14-8-7(9(18)15(2)10(14)19)16(5-12-8)4-6(17)3-13-11/h3,5H,4H2,1-2H3. The van der Waals surface area contributed by atoms with E-state index in [4.69, 9.17) is 5.53 Å². The third-order valence-corrected chi connectivity index (χ3v) is 2.75. The predicted molar refractivity (Wildman–Crippen MR) is 64.9 cm³/mol. The molecule has 0 aliphatic rings. The lowest BCUT2D eigenvalue weighted by atomic mass is 10.4. The van der Waals surface area contributed by atoms with Crippen molar-refractivity contribution in [3.8, 4) is 0 Å². The van der Waals surface area contributed by atoms with Crippen LogP contribution in [0.3, 0.4) is 0 Å². The van der Waals surface area contributed by atoms with Crippen molar-refractivity contribution in [2.45, 2.75) is 6.54 Å². The van der Waals surface area contributed by atoms with E-state index in [9.17, 15) is 14.4 Å². The van der Waals surface area contributed by atoms with Crippen molar-refractivity contribution in [1.29, 1.82) is 0 Å². The molecule has 0 atom stereocenters. The largest absolute Gasteiger partial charge is 0.361 e. The quantitative estimate of drug-likeness (QED) is 0.372. The van der Waals surface area contributed by atoms with Gasteiger partial charge in [0.25, 0.3) is 11.3 Å². The third-order valence-electron chi connectivity index (χ3n) is 2.75. The number of carbonyl (C=O) groups excluding carboxylic acids is 1. The molecule has 0 unspecified atom stereocenters. The van der Waals surface area contributed by atoms with Crippen molar-refractivity contribution in [3.63, 3.8) is 0 Å². The van der Waals surface area contributed by atoms with E-state index >= 15 is 0 Å². The van der Waals surface area contributed by atoms with E-state index in [0.29, 0.717) is 0 Å². The zero-order valence-electron chi connectivity index (χ0n) is 10.3. The molecule has 0 bridgehead atoms. The second-order valence-corrected chi connectivity index (χ2v) is 3.96. The average Bonchev–Trinajstić information content (AvgIpc) is 2.78. The van der Waals surface area contributed by atoms with Crippen LogP contribution >= 0.6 is 0 Å². The number of imidazole rings is 1. The van der Waals surface area contributed by atoms with Crippen molar-refractivity contribution >= 4 is 23.2 Å². The van der Waals surface area contributed by atoms with Gasteiger partial charge >= 0.3 is 11.9 Å². The zero-order valence-corrected chi connectivity index (χ0v) is 10.3. The molecule has 2 heterocycles. The number of aryl methyl sites for hydroxylation is 1. The van der Waals surface area contributed by atoms with Gasteiger partial charge in [0.05, 0.1) is 12.9 Å². The van der Waals surface area contributed by atoms with Gasteiger partial charge in [-0.3, -0.25) is 18.7 Å². The molecule has 0 amide bonds. The zero-order chi connectivity index (χ0) is 14.2. The minimum atomic E-state index is -0.538. The molecule has 0 fully saturated rings. The number of rotatable bonds is 3. The molecule has 0 aromatic carbocycles. The third kappa shape index (κ3) is 1.91. The van der Waals surface area contributed by atoms with Gasteiger partial charge in [-0.05, 0) is 0 Å². The monoisotopic (exact) mass is 262 g/mol. The summed E-state index contributed by atoms with van der Waals surface area (Å²) >= 11 is 0. The summed E-state index contributed by atoms with van der Waals surface area (Å²) in [4.78, 5) is 41.6. The molecule has 0 aliphatic carbocycles. The van der Waals surface area contributed by atoms with E-state index in [1.807, 2.05) is 0 Å². The summed E-state index contributed by atoms with van der Waals surface area (Å²) in [7, 11) is 2.83. The molecule has 9 nitrogen and oxygen atoms in total. The maximum atomic E-state index is 12.0. The van der Waals surface area contributed by atoms with Crippen LogP contribution in [0.25, 0.3) is 16.7 Å². The molecular formula is C10H10N6O3. The maximum Gasteiger partial charge on any atom is 0.332 e. The Balaban J connectivity index is 2.73. The van der Waals surface area contributed by atoms with Crippen LogP contribution in [0.4, 0.5) is 0 Å². The lowest BCUT2D eigenvalue weighted by Crippen LogP contribution is -2.37. The molecule has 98 valence electrons. The van der Waals surface area contributed by atoms with Gasteiger partial charge in [0.15, 0.2) is 11.2 Å². The Bertz CT molecular complexity index is 833. The molecule has 2 rings (SSSR count). The van der Waals surface area contributed by atoms with E-state index < -0.39 is 17.0 Å². The summed E-state index contributed by atoms with van der Waals surface area (Å²) in [5.41, 5.74) is 7.58.